The molecule has 116 valence electrons. The van der Waals surface area contributed by atoms with E-state index >= 15 is 0 Å². The van der Waals surface area contributed by atoms with E-state index in [9.17, 15) is 4.79 Å². The number of amides is 1. The second kappa shape index (κ2) is 7.88. The second-order valence-corrected chi connectivity index (χ2v) is 5.51. The molecule has 1 heterocycles. The van der Waals surface area contributed by atoms with Crippen LogP contribution in [-0.2, 0) is 4.74 Å². The van der Waals surface area contributed by atoms with Crippen molar-refractivity contribution in [2.75, 3.05) is 38.2 Å². The first-order valence-corrected chi connectivity index (χ1v) is 7.54. The van der Waals surface area contributed by atoms with Crippen LogP contribution in [0.5, 0.6) is 5.75 Å². The van der Waals surface area contributed by atoms with Gasteiger partial charge in [0.2, 0.25) is 0 Å². The Bertz CT molecular complexity index is 475. The summed E-state index contributed by atoms with van der Waals surface area (Å²) >= 11 is 0. The number of fused-ring (bicyclic) bond motifs is 1. The van der Waals surface area contributed by atoms with Crippen LogP contribution in [0, 0.1) is 5.92 Å². The zero-order valence-electron chi connectivity index (χ0n) is 12.8. The molecule has 1 aromatic carbocycles. The van der Waals surface area contributed by atoms with Crippen molar-refractivity contribution in [1.29, 1.82) is 0 Å². The average molecular weight is 292 g/mol. The SMILES string of the molecule is CC(C)CCOCCNC(=O)c1cccc2c1OCCN2. The minimum Gasteiger partial charge on any atom is -0.489 e. The lowest BCUT2D eigenvalue weighted by Gasteiger charge is -2.21. The number of rotatable bonds is 7. The number of hydrogen-bond donors (Lipinski definition) is 2. The van der Waals surface area contributed by atoms with Gasteiger partial charge in [0.25, 0.3) is 5.91 Å². The van der Waals surface area contributed by atoms with Gasteiger partial charge in [-0.15, -0.1) is 0 Å². The Balaban J connectivity index is 1.79. The third-order valence-electron chi connectivity index (χ3n) is 3.30. The number of anilines is 1. The number of para-hydroxylation sites is 1. The van der Waals surface area contributed by atoms with Crippen LogP contribution in [0.15, 0.2) is 18.2 Å². The number of benzene rings is 1. The standard InChI is InChI=1S/C16H24N2O3/c1-12(2)6-9-20-10-7-18-16(19)13-4-3-5-14-15(13)21-11-8-17-14/h3-5,12,17H,6-11H2,1-2H3,(H,18,19). The Labute approximate surface area is 126 Å². The Morgan fingerprint density at radius 3 is 3.10 bits per heavy atom. The molecule has 0 saturated heterocycles. The van der Waals surface area contributed by atoms with Gasteiger partial charge in [0, 0.05) is 19.7 Å². The molecular formula is C16H24N2O3. The van der Waals surface area contributed by atoms with Gasteiger partial charge in [-0.25, -0.2) is 0 Å². The van der Waals surface area contributed by atoms with Crippen LogP contribution in [0.25, 0.3) is 0 Å². The van der Waals surface area contributed by atoms with Crippen LogP contribution in [0.2, 0.25) is 0 Å². The molecule has 0 atom stereocenters. The van der Waals surface area contributed by atoms with Crippen LogP contribution in [0.1, 0.15) is 30.6 Å². The van der Waals surface area contributed by atoms with Crippen molar-refractivity contribution in [2.45, 2.75) is 20.3 Å². The molecule has 1 aliphatic rings. The summed E-state index contributed by atoms with van der Waals surface area (Å²) in [4.78, 5) is 12.2. The Morgan fingerprint density at radius 2 is 2.29 bits per heavy atom. The van der Waals surface area contributed by atoms with Crippen LogP contribution in [-0.4, -0.2) is 38.8 Å². The smallest absolute Gasteiger partial charge is 0.255 e. The molecule has 0 bridgehead atoms. The van der Waals surface area contributed by atoms with Crippen molar-refractivity contribution < 1.29 is 14.3 Å². The van der Waals surface area contributed by atoms with Gasteiger partial charge in [-0.05, 0) is 24.5 Å². The van der Waals surface area contributed by atoms with E-state index in [0.29, 0.717) is 37.0 Å². The van der Waals surface area contributed by atoms with Crippen molar-refractivity contribution in [2.24, 2.45) is 5.92 Å². The highest BCUT2D eigenvalue weighted by Gasteiger charge is 2.18. The minimum absolute atomic E-state index is 0.122. The zero-order chi connectivity index (χ0) is 15.1. The van der Waals surface area contributed by atoms with E-state index < -0.39 is 0 Å². The van der Waals surface area contributed by atoms with Gasteiger partial charge in [-0.1, -0.05) is 19.9 Å². The maximum Gasteiger partial charge on any atom is 0.255 e. The number of hydrogen-bond acceptors (Lipinski definition) is 4. The van der Waals surface area contributed by atoms with Crippen LogP contribution in [0.4, 0.5) is 5.69 Å². The largest absolute Gasteiger partial charge is 0.489 e. The van der Waals surface area contributed by atoms with Gasteiger partial charge >= 0.3 is 0 Å². The first kappa shape index (κ1) is 15.6. The summed E-state index contributed by atoms with van der Waals surface area (Å²) < 4.78 is 11.1. The lowest BCUT2D eigenvalue weighted by atomic mass is 10.1. The van der Waals surface area contributed by atoms with Gasteiger partial charge in [-0.2, -0.15) is 0 Å². The Morgan fingerprint density at radius 1 is 1.43 bits per heavy atom. The molecule has 1 aliphatic heterocycles. The topological polar surface area (TPSA) is 59.6 Å². The molecule has 21 heavy (non-hydrogen) atoms. The van der Waals surface area contributed by atoms with Crippen molar-refractivity contribution >= 4 is 11.6 Å². The fourth-order valence-electron chi connectivity index (χ4n) is 2.10. The summed E-state index contributed by atoms with van der Waals surface area (Å²) in [6, 6.07) is 5.55. The van der Waals surface area contributed by atoms with Gasteiger partial charge in [0.05, 0.1) is 17.9 Å². The fourth-order valence-corrected chi connectivity index (χ4v) is 2.10. The number of ether oxygens (including phenoxy) is 2. The van der Waals surface area contributed by atoms with E-state index in [1.807, 2.05) is 12.1 Å². The molecule has 0 unspecified atom stereocenters. The maximum atomic E-state index is 12.2. The Hall–Kier alpha value is -1.75. The maximum absolute atomic E-state index is 12.2. The summed E-state index contributed by atoms with van der Waals surface area (Å²) in [6.45, 7) is 7.45. The fraction of sp³-hybridized carbons (Fsp3) is 0.562. The van der Waals surface area contributed by atoms with Gasteiger partial charge in [0.15, 0.2) is 5.75 Å². The lowest BCUT2D eigenvalue weighted by Crippen LogP contribution is -2.29. The van der Waals surface area contributed by atoms with Crippen molar-refractivity contribution in [1.82, 2.24) is 5.32 Å². The molecule has 1 amide bonds. The van der Waals surface area contributed by atoms with Crippen LogP contribution < -0.4 is 15.4 Å². The van der Waals surface area contributed by atoms with Crippen LogP contribution >= 0.6 is 0 Å². The summed E-state index contributed by atoms with van der Waals surface area (Å²) in [5.41, 5.74) is 1.45. The van der Waals surface area contributed by atoms with E-state index in [1.54, 1.807) is 6.07 Å². The number of carbonyl (C=O) groups excluding carboxylic acids is 1. The van der Waals surface area contributed by atoms with E-state index in [2.05, 4.69) is 24.5 Å². The lowest BCUT2D eigenvalue weighted by molar-refractivity contribution is 0.0902. The van der Waals surface area contributed by atoms with Crippen molar-refractivity contribution in [3.8, 4) is 5.75 Å². The van der Waals surface area contributed by atoms with E-state index in [4.69, 9.17) is 9.47 Å². The first-order valence-electron chi connectivity index (χ1n) is 7.54. The molecule has 0 aliphatic carbocycles. The Kier molecular flexibility index (Phi) is 5.87. The summed E-state index contributed by atoms with van der Waals surface area (Å²) in [5, 5.41) is 6.09. The summed E-state index contributed by atoms with van der Waals surface area (Å²) in [6.07, 6.45) is 1.04. The van der Waals surface area contributed by atoms with Gasteiger partial charge in [-0.3, -0.25) is 4.79 Å². The highest BCUT2D eigenvalue weighted by Crippen LogP contribution is 2.30. The molecule has 0 aromatic heterocycles. The minimum atomic E-state index is -0.122. The highest BCUT2D eigenvalue weighted by atomic mass is 16.5. The molecule has 0 fully saturated rings. The van der Waals surface area contributed by atoms with Crippen molar-refractivity contribution in [3.63, 3.8) is 0 Å². The number of carbonyl (C=O) groups is 1. The quantitative estimate of drug-likeness (QED) is 0.757. The van der Waals surface area contributed by atoms with Gasteiger partial charge in [0.1, 0.15) is 6.61 Å². The van der Waals surface area contributed by atoms with E-state index in [0.717, 1.165) is 25.3 Å². The predicted molar refractivity (Wildman–Crippen MR) is 83.0 cm³/mol. The summed E-state index contributed by atoms with van der Waals surface area (Å²) in [5.74, 6) is 1.16. The van der Waals surface area contributed by atoms with Crippen LogP contribution in [0.3, 0.4) is 0 Å². The molecule has 1 aromatic rings. The predicted octanol–water partition coefficient (Wildman–Crippen LogP) is 2.28. The molecule has 0 saturated carbocycles. The molecule has 2 rings (SSSR count). The van der Waals surface area contributed by atoms with E-state index in [1.165, 1.54) is 0 Å². The molecule has 5 heteroatoms. The monoisotopic (exact) mass is 292 g/mol. The molecule has 0 radical (unpaired) electrons. The van der Waals surface area contributed by atoms with Gasteiger partial charge < -0.3 is 20.1 Å². The zero-order valence-corrected chi connectivity index (χ0v) is 12.8. The summed E-state index contributed by atoms with van der Waals surface area (Å²) in [7, 11) is 0. The number of nitrogens with one attached hydrogen (secondary N) is 2. The normalized spacial score (nSPS) is 13.3. The molecule has 5 nitrogen and oxygen atoms in total. The third-order valence-corrected chi connectivity index (χ3v) is 3.30. The molecule has 2 N–H and O–H groups in total. The molecular weight excluding hydrogens is 268 g/mol. The van der Waals surface area contributed by atoms with E-state index in [-0.39, 0.29) is 5.91 Å². The highest BCUT2D eigenvalue weighted by molar-refractivity contribution is 5.98. The third kappa shape index (κ3) is 4.63. The first-order chi connectivity index (χ1) is 10.2. The van der Waals surface area contributed by atoms with Crippen molar-refractivity contribution in [3.05, 3.63) is 23.8 Å². The molecule has 0 spiro atoms. The average Bonchev–Trinajstić information content (AvgIpc) is 2.49. The second-order valence-electron chi connectivity index (χ2n) is 5.51.